The predicted molar refractivity (Wildman–Crippen MR) is 262 cm³/mol. The van der Waals surface area contributed by atoms with Crippen LogP contribution in [0.15, 0.2) is 218 Å². The first-order chi connectivity index (χ1) is 30.6. The van der Waals surface area contributed by atoms with Crippen molar-refractivity contribution < 1.29 is 0 Å². The molecule has 2 aliphatic carbocycles. The minimum atomic E-state index is -0.376. The number of hydrogen-bond acceptors (Lipinski definition) is 0. The number of fused-ring (bicyclic) bond motifs is 7. The van der Waals surface area contributed by atoms with E-state index in [2.05, 4.69) is 232 Å². The van der Waals surface area contributed by atoms with E-state index in [0.29, 0.717) is 0 Å². The lowest BCUT2D eigenvalue weighted by molar-refractivity contribution is 0.767. The largest absolute Gasteiger partial charge is 0.0713 e. The normalized spacial score (nSPS) is 14.6. The molecular formula is C62H48. The minimum absolute atomic E-state index is 0.376. The predicted octanol–water partition coefficient (Wildman–Crippen LogP) is 15.7. The lowest BCUT2D eigenvalue weighted by atomic mass is 9.67. The molecule has 0 bridgehead atoms. The van der Waals surface area contributed by atoms with Crippen LogP contribution >= 0.6 is 0 Å². The minimum Gasteiger partial charge on any atom is -0.0620 e. The third-order valence-electron chi connectivity index (χ3n) is 13.6. The zero-order chi connectivity index (χ0) is 41.6. The monoisotopic (exact) mass is 792 g/mol. The van der Waals surface area contributed by atoms with Gasteiger partial charge in [-0.25, -0.2) is 0 Å². The molecule has 0 amide bonds. The quantitative estimate of drug-likeness (QED) is 0.163. The molecule has 0 spiro atoms. The zero-order valence-electron chi connectivity index (χ0n) is 35.4. The van der Waals surface area contributed by atoms with Crippen LogP contribution < -0.4 is 0 Å². The summed E-state index contributed by atoms with van der Waals surface area (Å²) in [7, 11) is 0. The van der Waals surface area contributed by atoms with Crippen LogP contribution in [0.2, 0.25) is 0 Å². The zero-order valence-corrected chi connectivity index (χ0v) is 35.4. The average molecular weight is 793 g/mol. The first-order valence-corrected chi connectivity index (χ1v) is 22.1. The van der Waals surface area contributed by atoms with Gasteiger partial charge in [0.05, 0.1) is 5.41 Å². The highest BCUT2D eigenvalue weighted by molar-refractivity contribution is 5.98. The first kappa shape index (κ1) is 37.7. The Kier molecular flexibility index (Phi) is 9.51. The maximum absolute atomic E-state index is 2.45. The fourth-order valence-corrected chi connectivity index (χ4v) is 10.4. The van der Waals surface area contributed by atoms with Crippen molar-refractivity contribution in [2.45, 2.75) is 38.5 Å². The van der Waals surface area contributed by atoms with Crippen molar-refractivity contribution in [3.05, 3.63) is 274 Å². The molecule has 0 nitrogen and oxygen atoms in total. The topological polar surface area (TPSA) is 0 Å². The number of rotatable bonds is 5. The summed E-state index contributed by atoms with van der Waals surface area (Å²) < 4.78 is 0. The summed E-state index contributed by atoms with van der Waals surface area (Å²) in [6, 6.07) is 81.0. The van der Waals surface area contributed by atoms with Gasteiger partial charge in [0.2, 0.25) is 0 Å². The van der Waals surface area contributed by atoms with Crippen LogP contribution in [0.3, 0.4) is 0 Å². The van der Waals surface area contributed by atoms with Crippen LogP contribution in [0.1, 0.15) is 62.6 Å². The standard InChI is InChI=1S/C38H30.C24H18/c1-3-27-14-21-33(22-15-27)38(32-19-12-26(2)13-20-32)36-11-7-6-10-34(36)35-23-18-31(25-37(35)38)30-17-16-28-8-4-5-9-29(28)24-30;1-2-9-19-16-24-20(15-18(19)8-1)11-6-14-23(24)22-13-5-10-17-7-3-4-12-21(17)22/h4-25H,3H2,1-2H3;1-14H,15-16H2. The van der Waals surface area contributed by atoms with E-state index in [-0.39, 0.29) is 5.41 Å². The van der Waals surface area contributed by atoms with Crippen LogP contribution in [0.25, 0.3) is 54.9 Å². The molecule has 12 rings (SSSR count). The van der Waals surface area contributed by atoms with Crippen molar-refractivity contribution in [3.8, 4) is 33.4 Å². The Labute approximate surface area is 365 Å². The second kappa shape index (κ2) is 15.6. The molecule has 1 unspecified atom stereocenters. The molecule has 0 saturated heterocycles. The molecule has 10 aromatic carbocycles. The fourth-order valence-electron chi connectivity index (χ4n) is 10.4. The average Bonchev–Trinajstić information content (AvgIpc) is 3.63. The molecule has 0 fully saturated rings. The number of aryl methyl sites for hydroxylation is 2. The third kappa shape index (κ3) is 6.38. The number of hydrogen-bond donors (Lipinski definition) is 0. The summed E-state index contributed by atoms with van der Waals surface area (Å²) >= 11 is 0. The highest BCUT2D eigenvalue weighted by Gasteiger charge is 2.46. The van der Waals surface area contributed by atoms with Crippen molar-refractivity contribution >= 4 is 21.5 Å². The van der Waals surface area contributed by atoms with Crippen LogP contribution in [0, 0.1) is 6.92 Å². The van der Waals surface area contributed by atoms with Gasteiger partial charge in [-0.15, -0.1) is 0 Å². The van der Waals surface area contributed by atoms with Gasteiger partial charge in [0.15, 0.2) is 0 Å². The smallest absolute Gasteiger partial charge is 0.0620 e. The van der Waals surface area contributed by atoms with Gasteiger partial charge in [0.25, 0.3) is 0 Å². The van der Waals surface area contributed by atoms with Gasteiger partial charge >= 0.3 is 0 Å². The van der Waals surface area contributed by atoms with E-state index in [4.69, 9.17) is 0 Å². The van der Waals surface area contributed by atoms with Crippen molar-refractivity contribution in [1.82, 2.24) is 0 Å². The second-order valence-corrected chi connectivity index (χ2v) is 17.1. The van der Waals surface area contributed by atoms with E-state index in [1.807, 2.05) is 0 Å². The molecular weight excluding hydrogens is 745 g/mol. The third-order valence-corrected chi connectivity index (χ3v) is 13.6. The summed E-state index contributed by atoms with van der Waals surface area (Å²) in [5.74, 6) is 0. The molecule has 0 heterocycles. The van der Waals surface area contributed by atoms with E-state index in [0.717, 1.165) is 19.3 Å². The molecule has 296 valence electrons. The van der Waals surface area contributed by atoms with Gasteiger partial charge in [-0.2, -0.15) is 0 Å². The maximum atomic E-state index is 2.45. The summed E-state index contributed by atoms with van der Waals surface area (Å²) in [4.78, 5) is 0. The van der Waals surface area contributed by atoms with E-state index in [1.54, 1.807) is 0 Å². The number of benzene rings is 10. The van der Waals surface area contributed by atoms with Crippen LogP contribution in [0.5, 0.6) is 0 Å². The van der Waals surface area contributed by atoms with E-state index in [1.165, 1.54) is 111 Å². The molecule has 0 aromatic heterocycles. The Balaban J connectivity index is 0.000000154. The summed E-state index contributed by atoms with van der Waals surface area (Å²) in [5, 5.41) is 5.19. The molecule has 10 aromatic rings. The Morgan fingerprint density at radius 3 is 1.76 bits per heavy atom. The van der Waals surface area contributed by atoms with Gasteiger partial charge in [-0.05, 0) is 143 Å². The van der Waals surface area contributed by atoms with Crippen molar-refractivity contribution in [2.75, 3.05) is 0 Å². The Hall–Kier alpha value is -7.28. The van der Waals surface area contributed by atoms with Gasteiger partial charge in [0.1, 0.15) is 0 Å². The lowest BCUT2D eigenvalue weighted by Crippen LogP contribution is -2.28. The van der Waals surface area contributed by atoms with Crippen molar-refractivity contribution in [1.29, 1.82) is 0 Å². The molecule has 1 atom stereocenters. The molecule has 62 heavy (non-hydrogen) atoms. The van der Waals surface area contributed by atoms with Gasteiger partial charge in [-0.1, -0.05) is 219 Å². The second-order valence-electron chi connectivity index (χ2n) is 17.1. The SMILES string of the molecule is CCc1ccc(C2(c3ccc(C)cc3)c3ccccc3-c3ccc(-c4ccc5ccccc5c4)cc32)cc1.c1ccc2c(c1)Cc1cccc(-c3cccc4ccccc34)c1C2. The maximum Gasteiger partial charge on any atom is 0.0713 e. The Morgan fingerprint density at radius 1 is 0.387 bits per heavy atom. The Morgan fingerprint density at radius 2 is 0.952 bits per heavy atom. The lowest BCUT2D eigenvalue weighted by Gasteiger charge is -2.34. The first-order valence-electron chi connectivity index (χ1n) is 22.1. The van der Waals surface area contributed by atoms with Crippen LogP contribution in [-0.2, 0) is 24.7 Å². The van der Waals surface area contributed by atoms with Crippen LogP contribution in [-0.4, -0.2) is 0 Å². The fraction of sp³-hybridized carbons (Fsp3) is 0.0968. The van der Waals surface area contributed by atoms with Gasteiger partial charge in [-0.3, -0.25) is 0 Å². The van der Waals surface area contributed by atoms with Crippen molar-refractivity contribution in [3.63, 3.8) is 0 Å². The molecule has 2 aliphatic rings. The van der Waals surface area contributed by atoms with Crippen LogP contribution in [0.4, 0.5) is 0 Å². The van der Waals surface area contributed by atoms with Crippen molar-refractivity contribution in [2.24, 2.45) is 0 Å². The molecule has 0 aliphatic heterocycles. The molecule has 0 saturated carbocycles. The molecule has 0 N–H and O–H groups in total. The summed E-state index contributed by atoms with van der Waals surface area (Å²) in [6.45, 7) is 4.39. The van der Waals surface area contributed by atoms with E-state index >= 15 is 0 Å². The summed E-state index contributed by atoms with van der Waals surface area (Å²) in [6.07, 6.45) is 3.12. The molecule has 0 heteroatoms. The molecule has 0 radical (unpaired) electrons. The summed E-state index contributed by atoms with van der Waals surface area (Å²) in [5.41, 5.74) is 21.4. The van der Waals surface area contributed by atoms with Gasteiger partial charge < -0.3 is 0 Å². The van der Waals surface area contributed by atoms with E-state index < -0.39 is 0 Å². The van der Waals surface area contributed by atoms with Gasteiger partial charge in [0, 0.05) is 0 Å². The Bertz CT molecular complexity index is 3270. The van der Waals surface area contributed by atoms with E-state index in [9.17, 15) is 0 Å². The highest BCUT2D eigenvalue weighted by Crippen LogP contribution is 2.57. The highest BCUT2D eigenvalue weighted by atomic mass is 14.5.